The van der Waals surface area contributed by atoms with Crippen LogP contribution in [0.1, 0.15) is 51.3 Å². The van der Waals surface area contributed by atoms with Gasteiger partial charge in [0.15, 0.2) is 11.5 Å². The molecule has 2 aliphatic rings. The molecule has 0 saturated carbocycles. The Morgan fingerprint density at radius 3 is 2.04 bits per heavy atom. The van der Waals surface area contributed by atoms with Crippen molar-refractivity contribution >= 4 is 11.8 Å². The Kier molecular flexibility index (Phi) is 4.35. The molecule has 128 valence electrons. The van der Waals surface area contributed by atoms with Crippen LogP contribution < -0.4 is 9.47 Å². The summed E-state index contributed by atoms with van der Waals surface area (Å²) in [6.45, 7) is 7.87. The van der Waals surface area contributed by atoms with Crippen molar-refractivity contribution in [2.75, 3.05) is 0 Å². The number of rotatable bonds is 5. The normalized spacial score (nSPS) is 19.6. The summed E-state index contributed by atoms with van der Waals surface area (Å²) in [6.07, 6.45) is 4.27. The molecular formula is C19H23NO4. The van der Waals surface area contributed by atoms with Crippen molar-refractivity contribution in [1.82, 2.24) is 4.90 Å². The molecular weight excluding hydrogens is 306 g/mol. The summed E-state index contributed by atoms with van der Waals surface area (Å²) in [4.78, 5) is 25.4. The molecule has 5 heteroatoms. The van der Waals surface area contributed by atoms with Gasteiger partial charge in [-0.05, 0) is 63.8 Å². The number of benzene rings is 1. The molecule has 1 aromatic carbocycles. The summed E-state index contributed by atoms with van der Waals surface area (Å²) < 4.78 is 11.8. The maximum atomic E-state index is 12.0. The van der Waals surface area contributed by atoms with E-state index in [0.29, 0.717) is 5.75 Å². The van der Waals surface area contributed by atoms with Crippen molar-refractivity contribution in [2.45, 2.75) is 58.8 Å². The molecule has 1 aliphatic carbocycles. The zero-order chi connectivity index (χ0) is 17.4. The Bertz CT molecular complexity index is 688. The topological polar surface area (TPSA) is 55.8 Å². The van der Waals surface area contributed by atoms with Gasteiger partial charge in [-0.15, -0.1) is 0 Å². The van der Waals surface area contributed by atoms with Gasteiger partial charge < -0.3 is 9.47 Å². The fourth-order valence-electron chi connectivity index (χ4n) is 3.27. The first-order valence-corrected chi connectivity index (χ1v) is 8.42. The molecule has 2 amide bonds. The van der Waals surface area contributed by atoms with E-state index < -0.39 is 0 Å². The van der Waals surface area contributed by atoms with Crippen LogP contribution in [0.25, 0.3) is 0 Å². The van der Waals surface area contributed by atoms with Crippen LogP contribution in [-0.2, 0) is 16.0 Å². The number of nitrogens with zero attached hydrogens (tertiary/aromatic N) is 1. The second-order valence-electron chi connectivity index (χ2n) is 6.77. The van der Waals surface area contributed by atoms with Crippen LogP contribution in [0.15, 0.2) is 24.3 Å². The van der Waals surface area contributed by atoms with Gasteiger partial charge in [0.05, 0.1) is 18.2 Å². The number of carbonyl (C=O) groups is 2. The number of ether oxygens (including phenoxy) is 2. The number of fused-ring (bicyclic) bond motifs is 1. The molecule has 0 radical (unpaired) electrons. The largest absolute Gasteiger partial charge is 0.487 e. The van der Waals surface area contributed by atoms with E-state index in [1.807, 2.05) is 39.8 Å². The molecule has 5 nitrogen and oxygen atoms in total. The van der Waals surface area contributed by atoms with Gasteiger partial charge in [0.1, 0.15) is 0 Å². The summed E-state index contributed by atoms with van der Waals surface area (Å²) in [7, 11) is 0. The molecule has 1 heterocycles. The van der Waals surface area contributed by atoms with Crippen molar-refractivity contribution in [1.29, 1.82) is 0 Å². The minimum Gasteiger partial charge on any atom is -0.487 e. The molecule has 0 saturated heterocycles. The van der Waals surface area contributed by atoms with Gasteiger partial charge in [-0.1, -0.05) is 0 Å². The Labute approximate surface area is 142 Å². The number of hydrogen-bond acceptors (Lipinski definition) is 4. The van der Waals surface area contributed by atoms with Crippen LogP contribution in [-0.4, -0.2) is 28.9 Å². The third-order valence-electron chi connectivity index (χ3n) is 4.13. The van der Waals surface area contributed by atoms with Crippen LogP contribution in [0.4, 0.5) is 0 Å². The molecule has 0 N–H and O–H groups in total. The van der Waals surface area contributed by atoms with Crippen molar-refractivity contribution in [3.63, 3.8) is 0 Å². The summed E-state index contributed by atoms with van der Waals surface area (Å²) in [5.41, 5.74) is 2.09. The highest BCUT2D eigenvalue weighted by atomic mass is 16.5. The van der Waals surface area contributed by atoms with Crippen LogP contribution in [0.5, 0.6) is 11.5 Å². The van der Waals surface area contributed by atoms with Gasteiger partial charge >= 0.3 is 0 Å². The Morgan fingerprint density at radius 1 is 0.958 bits per heavy atom. The maximum absolute atomic E-state index is 12.0. The Balaban J connectivity index is 1.98. The van der Waals surface area contributed by atoms with E-state index in [4.69, 9.17) is 9.47 Å². The van der Waals surface area contributed by atoms with E-state index in [1.165, 1.54) is 17.1 Å². The SMILES string of the molecule is CC(C)Oc1cc2c(cc1OC(C)C)[C@@H](N1C(=O)C=CC1=O)CC2. The lowest BCUT2D eigenvalue weighted by molar-refractivity contribution is -0.139. The lowest BCUT2D eigenvalue weighted by Gasteiger charge is -2.24. The minimum atomic E-state index is -0.244. The third-order valence-corrected chi connectivity index (χ3v) is 4.13. The Morgan fingerprint density at radius 2 is 1.50 bits per heavy atom. The Hall–Kier alpha value is -2.30. The van der Waals surface area contributed by atoms with E-state index in [0.717, 1.165) is 29.7 Å². The first-order chi connectivity index (χ1) is 11.4. The second kappa shape index (κ2) is 6.30. The molecule has 1 atom stereocenters. The van der Waals surface area contributed by atoms with Gasteiger partial charge in [-0.25, -0.2) is 0 Å². The number of amides is 2. The van der Waals surface area contributed by atoms with Gasteiger partial charge in [-0.3, -0.25) is 14.5 Å². The lowest BCUT2D eigenvalue weighted by atomic mass is 10.1. The van der Waals surface area contributed by atoms with E-state index >= 15 is 0 Å². The van der Waals surface area contributed by atoms with Crippen LogP contribution in [0, 0.1) is 0 Å². The second-order valence-corrected chi connectivity index (χ2v) is 6.77. The van der Waals surface area contributed by atoms with Crippen molar-refractivity contribution in [3.05, 3.63) is 35.4 Å². The molecule has 1 aromatic rings. The quantitative estimate of drug-likeness (QED) is 0.779. The highest BCUT2D eigenvalue weighted by molar-refractivity contribution is 6.13. The molecule has 3 rings (SSSR count). The van der Waals surface area contributed by atoms with Crippen molar-refractivity contribution in [3.8, 4) is 11.5 Å². The van der Waals surface area contributed by atoms with Gasteiger partial charge in [0.2, 0.25) is 0 Å². The fourth-order valence-corrected chi connectivity index (χ4v) is 3.27. The average Bonchev–Trinajstić information content (AvgIpc) is 3.01. The first-order valence-electron chi connectivity index (χ1n) is 8.42. The van der Waals surface area contributed by atoms with Crippen molar-refractivity contribution in [2.24, 2.45) is 0 Å². The van der Waals surface area contributed by atoms with Crippen LogP contribution in [0.3, 0.4) is 0 Å². The number of hydrogen-bond donors (Lipinski definition) is 0. The molecule has 0 bridgehead atoms. The van der Waals surface area contributed by atoms with Gasteiger partial charge in [0, 0.05) is 12.2 Å². The van der Waals surface area contributed by atoms with Crippen molar-refractivity contribution < 1.29 is 19.1 Å². The molecule has 24 heavy (non-hydrogen) atoms. The average molecular weight is 329 g/mol. The summed E-state index contributed by atoms with van der Waals surface area (Å²) >= 11 is 0. The minimum absolute atomic E-state index is 0.00846. The van der Waals surface area contributed by atoms with E-state index in [2.05, 4.69) is 0 Å². The number of aryl methyl sites for hydroxylation is 1. The summed E-state index contributed by atoms with van der Waals surface area (Å²) in [5, 5.41) is 0. The molecule has 0 fully saturated rings. The van der Waals surface area contributed by atoms with Gasteiger partial charge in [-0.2, -0.15) is 0 Å². The molecule has 0 unspecified atom stereocenters. The molecule has 0 spiro atoms. The predicted molar refractivity (Wildman–Crippen MR) is 90.0 cm³/mol. The number of carbonyl (C=O) groups excluding carboxylic acids is 2. The lowest BCUT2D eigenvalue weighted by Crippen LogP contribution is -2.33. The summed E-state index contributed by atoms with van der Waals surface area (Å²) in [5.74, 6) is 0.894. The third kappa shape index (κ3) is 3.03. The fraction of sp³-hybridized carbons (Fsp3) is 0.474. The zero-order valence-electron chi connectivity index (χ0n) is 14.5. The zero-order valence-corrected chi connectivity index (χ0v) is 14.5. The monoisotopic (exact) mass is 329 g/mol. The highest BCUT2D eigenvalue weighted by Gasteiger charge is 2.37. The molecule has 0 aromatic heterocycles. The highest BCUT2D eigenvalue weighted by Crippen LogP contribution is 2.43. The molecule has 1 aliphatic heterocycles. The van der Waals surface area contributed by atoms with Crippen LogP contribution >= 0.6 is 0 Å². The van der Waals surface area contributed by atoms with E-state index in [9.17, 15) is 9.59 Å². The van der Waals surface area contributed by atoms with Crippen LogP contribution in [0.2, 0.25) is 0 Å². The van der Waals surface area contributed by atoms with E-state index in [1.54, 1.807) is 0 Å². The maximum Gasteiger partial charge on any atom is 0.254 e. The predicted octanol–water partition coefficient (Wildman–Crippen LogP) is 3.17. The number of imide groups is 1. The standard InChI is InChI=1S/C19H23NO4/c1-11(2)23-16-9-13-5-6-15(20-18(21)7-8-19(20)22)14(13)10-17(16)24-12(3)4/h7-12,15H,5-6H2,1-4H3/t15-/m0/s1. The first kappa shape index (κ1) is 16.6. The summed E-state index contributed by atoms with van der Waals surface area (Å²) in [6, 6.07) is 3.70. The smallest absolute Gasteiger partial charge is 0.254 e. The van der Waals surface area contributed by atoms with Gasteiger partial charge in [0.25, 0.3) is 11.8 Å². The van der Waals surface area contributed by atoms with E-state index in [-0.39, 0.29) is 30.1 Å².